The van der Waals surface area contributed by atoms with Gasteiger partial charge in [-0.05, 0) is 32.1 Å². The highest BCUT2D eigenvalue weighted by Gasteiger charge is 2.42. The van der Waals surface area contributed by atoms with Crippen molar-refractivity contribution >= 4 is 11.3 Å². The third-order valence-electron chi connectivity index (χ3n) is 3.54. The molecule has 1 aromatic rings. The van der Waals surface area contributed by atoms with Gasteiger partial charge in [0, 0.05) is 31.5 Å². The van der Waals surface area contributed by atoms with Gasteiger partial charge in [-0.15, -0.1) is 11.3 Å². The Hall–Kier alpha value is -0.450. The average molecular weight is 254 g/mol. The molecule has 0 bridgehead atoms. The third-order valence-corrected chi connectivity index (χ3v) is 4.61. The van der Waals surface area contributed by atoms with E-state index in [0.717, 1.165) is 26.1 Å². The molecule has 1 aromatic heterocycles. The lowest BCUT2D eigenvalue weighted by molar-refractivity contribution is 0.197. The van der Waals surface area contributed by atoms with Crippen LogP contribution in [0.15, 0.2) is 0 Å². The lowest BCUT2D eigenvalue weighted by atomic mass is 10.0. The molecule has 1 fully saturated rings. The zero-order chi connectivity index (χ0) is 12.3. The first-order valence-corrected chi connectivity index (χ1v) is 7.09. The second-order valence-electron chi connectivity index (χ2n) is 5.10. The zero-order valence-electron chi connectivity index (χ0n) is 11.0. The van der Waals surface area contributed by atoms with E-state index in [0.29, 0.717) is 5.41 Å². The molecule has 0 spiro atoms. The number of hydrogen-bond acceptors (Lipinski definition) is 4. The number of rotatable bonds is 7. The van der Waals surface area contributed by atoms with Gasteiger partial charge in [0.25, 0.3) is 0 Å². The highest BCUT2D eigenvalue weighted by atomic mass is 32.1. The summed E-state index contributed by atoms with van der Waals surface area (Å²) >= 11 is 1.86. The predicted octanol–water partition coefficient (Wildman–Crippen LogP) is 2.32. The number of nitrogens with zero attached hydrogens (tertiary/aromatic N) is 1. The summed E-state index contributed by atoms with van der Waals surface area (Å²) in [5, 5.41) is 4.79. The van der Waals surface area contributed by atoms with Crippen molar-refractivity contribution in [1.82, 2.24) is 10.3 Å². The summed E-state index contributed by atoms with van der Waals surface area (Å²) in [6, 6.07) is 0. The molecule has 1 saturated carbocycles. The van der Waals surface area contributed by atoms with E-state index in [2.05, 4.69) is 24.1 Å². The van der Waals surface area contributed by atoms with Crippen molar-refractivity contribution < 1.29 is 4.74 Å². The van der Waals surface area contributed by atoms with E-state index in [4.69, 9.17) is 4.74 Å². The summed E-state index contributed by atoms with van der Waals surface area (Å²) in [7, 11) is 1.75. The van der Waals surface area contributed by atoms with Gasteiger partial charge < -0.3 is 10.1 Å². The highest BCUT2D eigenvalue weighted by Crippen LogP contribution is 2.48. The van der Waals surface area contributed by atoms with Crippen LogP contribution in [-0.4, -0.2) is 31.8 Å². The van der Waals surface area contributed by atoms with Gasteiger partial charge in [-0.3, -0.25) is 0 Å². The first kappa shape index (κ1) is 13.0. The number of methoxy groups -OCH3 is 1. The second kappa shape index (κ2) is 5.46. The van der Waals surface area contributed by atoms with Crippen molar-refractivity contribution in [2.75, 3.05) is 26.8 Å². The van der Waals surface area contributed by atoms with E-state index in [-0.39, 0.29) is 0 Å². The summed E-state index contributed by atoms with van der Waals surface area (Å²) < 4.78 is 5.04. The molecule has 0 amide bonds. The molecular formula is C13H22N2OS. The van der Waals surface area contributed by atoms with Crippen LogP contribution in [0.4, 0.5) is 0 Å². The van der Waals surface area contributed by atoms with E-state index in [1.165, 1.54) is 28.4 Å². The van der Waals surface area contributed by atoms with Gasteiger partial charge in [-0.25, -0.2) is 4.98 Å². The minimum atomic E-state index is 0.491. The molecule has 0 saturated heterocycles. The smallest absolute Gasteiger partial charge is 0.0936 e. The topological polar surface area (TPSA) is 34.1 Å². The maximum absolute atomic E-state index is 5.04. The molecule has 17 heavy (non-hydrogen) atoms. The first-order valence-electron chi connectivity index (χ1n) is 6.28. The van der Waals surface area contributed by atoms with Crippen LogP contribution in [0.5, 0.6) is 0 Å². The van der Waals surface area contributed by atoms with Crippen molar-refractivity contribution in [2.24, 2.45) is 5.41 Å². The Morgan fingerprint density at radius 2 is 2.18 bits per heavy atom. The van der Waals surface area contributed by atoms with Crippen molar-refractivity contribution in [3.8, 4) is 0 Å². The molecule has 3 nitrogen and oxygen atoms in total. The maximum atomic E-state index is 5.04. The van der Waals surface area contributed by atoms with Crippen LogP contribution in [0.1, 0.15) is 28.4 Å². The highest BCUT2D eigenvalue weighted by molar-refractivity contribution is 7.11. The molecule has 0 unspecified atom stereocenters. The van der Waals surface area contributed by atoms with Crippen LogP contribution in [0, 0.1) is 19.3 Å². The molecule has 0 atom stereocenters. The monoisotopic (exact) mass is 254 g/mol. The number of aryl methyl sites for hydroxylation is 2. The quantitative estimate of drug-likeness (QED) is 0.758. The Balaban J connectivity index is 1.81. The van der Waals surface area contributed by atoms with Crippen LogP contribution in [0.2, 0.25) is 0 Å². The molecule has 0 aliphatic heterocycles. The summed E-state index contributed by atoms with van der Waals surface area (Å²) in [4.78, 5) is 6.01. The third kappa shape index (κ3) is 3.50. The Kier molecular flexibility index (Phi) is 4.17. The summed E-state index contributed by atoms with van der Waals surface area (Å²) in [5.74, 6) is 0. The average Bonchev–Trinajstić information content (AvgIpc) is 2.97. The zero-order valence-corrected chi connectivity index (χ0v) is 11.8. The van der Waals surface area contributed by atoms with E-state index in [1.807, 2.05) is 11.3 Å². The molecule has 1 N–H and O–H groups in total. The van der Waals surface area contributed by atoms with Crippen molar-refractivity contribution in [1.29, 1.82) is 0 Å². The van der Waals surface area contributed by atoms with Gasteiger partial charge in [-0.2, -0.15) is 0 Å². The fourth-order valence-electron chi connectivity index (χ4n) is 2.06. The number of ether oxygens (including phenoxy) is 1. The normalized spacial score (nSPS) is 17.4. The Morgan fingerprint density at radius 3 is 2.71 bits per heavy atom. The van der Waals surface area contributed by atoms with Crippen LogP contribution in [-0.2, 0) is 11.2 Å². The minimum Gasteiger partial charge on any atom is -0.383 e. The number of thiazole rings is 1. The minimum absolute atomic E-state index is 0.491. The van der Waals surface area contributed by atoms with Crippen molar-refractivity contribution in [3.63, 3.8) is 0 Å². The maximum Gasteiger partial charge on any atom is 0.0936 e. The van der Waals surface area contributed by atoms with Gasteiger partial charge in [0.1, 0.15) is 0 Å². The van der Waals surface area contributed by atoms with E-state index in [9.17, 15) is 0 Å². The fourth-order valence-corrected chi connectivity index (χ4v) is 3.16. The predicted molar refractivity (Wildman–Crippen MR) is 71.7 cm³/mol. The van der Waals surface area contributed by atoms with Gasteiger partial charge >= 0.3 is 0 Å². The Bertz CT molecular complexity index is 352. The number of hydrogen-bond donors (Lipinski definition) is 1. The fraction of sp³-hybridized carbons (Fsp3) is 0.769. The van der Waals surface area contributed by atoms with Gasteiger partial charge in [0.05, 0.1) is 17.3 Å². The van der Waals surface area contributed by atoms with Crippen molar-refractivity contribution in [2.45, 2.75) is 33.1 Å². The Morgan fingerprint density at radius 1 is 1.41 bits per heavy atom. The largest absolute Gasteiger partial charge is 0.383 e. The lowest BCUT2D eigenvalue weighted by Gasteiger charge is -2.14. The second-order valence-corrected chi connectivity index (χ2v) is 6.38. The summed E-state index contributed by atoms with van der Waals surface area (Å²) in [6.45, 7) is 7.12. The molecule has 96 valence electrons. The van der Waals surface area contributed by atoms with Gasteiger partial charge in [-0.1, -0.05) is 0 Å². The van der Waals surface area contributed by atoms with Crippen LogP contribution in [0.3, 0.4) is 0 Å². The van der Waals surface area contributed by atoms with E-state index >= 15 is 0 Å². The van der Waals surface area contributed by atoms with Gasteiger partial charge in [0.15, 0.2) is 0 Å². The standard InChI is InChI=1S/C13H22N2OS/c1-10-11(2)17-12(15-10)8-13(4-5-13)9-14-6-7-16-3/h14H,4-9H2,1-3H3. The van der Waals surface area contributed by atoms with Crippen LogP contribution < -0.4 is 5.32 Å². The number of aromatic nitrogens is 1. The van der Waals surface area contributed by atoms with E-state index < -0.39 is 0 Å². The molecule has 1 aliphatic carbocycles. The molecule has 1 aliphatic rings. The van der Waals surface area contributed by atoms with Crippen LogP contribution >= 0.6 is 11.3 Å². The van der Waals surface area contributed by atoms with Crippen LogP contribution in [0.25, 0.3) is 0 Å². The SMILES string of the molecule is COCCNCC1(Cc2nc(C)c(C)s2)CC1. The first-order chi connectivity index (χ1) is 8.15. The molecule has 4 heteroatoms. The Labute approximate surface area is 108 Å². The van der Waals surface area contributed by atoms with Crippen molar-refractivity contribution in [3.05, 3.63) is 15.6 Å². The summed E-state index contributed by atoms with van der Waals surface area (Å²) in [6.07, 6.45) is 3.82. The molecule has 2 rings (SSSR count). The van der Waals surface area contributed by atoms with Gasteiger partial charge in [0.2, 0.25) is 0 Å². The summed E-state index contributed by atoms with van der Waals surface area (Å²) in [5.41, 5.74) is 1.69. The molecule has 0 radical (unpaired) electrons. The van der Waals surface area contributed by atoms with E-state index in [1.54, 1.807) is 7.11 Å². The molecule has 0 aromatic carbocycles. The molecule has 1 heterocycles. The molecular weight excluding hydrogens is 232 g/mol. The number of nitrogens with one attached hydrogen (secondary N) is 1. The lowest BCUT2D eigenvalue weighted by Crippen LogP contribution is -2.28.